The van der Waals surface area contributed by atoms with Crippen LogP contribution in [0.3, 0.4) is 0 Å². The van der Waals surface area contributed by atoms with Crippen molar-refractivity contribution in [2.45, 2.75) is 25.7 Å². The second-order valence-electron chi connectivity index (χ2n) is 7.13. The van der Waals surface area contributed by atoms with Gasteiger partial charge in [0.25, 0.3) is 18.1 Å². The van der Waals surface area contributed by atoms with E-state index in [0.29, 0.717) is 34.4 Å². The molecule has 1 amide bonds. The number of hydrogen-bond acceptors (Lipinski definition) is 4. The molecule has 0 radical (unpaired) electrons. The van der Waals surface area contributed by atoms with Crippen LogP contribution in [0, 0.1) is 5.92 Å². The third-order valence-electron chi connectivity index (χ3n) is 5.31. The highest BCUT2D eigenvalue weighted by atomic mass is 35.5. The lowest BCUT2D eigenvalue weighted by atomic mass is 9.84. The number of hydrogen-bond donors (Lipinski definition) is 0. The number of carbonyl (C=O) groups excluding carboxylic acids is 1. The molecule has 1 saturated heterocycles. The Morgan fingerprint density at radius 2 is 2.03 bits per heavy atom. The summed E-state index contributed by atoms with van der Waals surface area (Å²) in [7, 11) is 0. The zero-order chi connectivity index (χ0) is 20.7. The zero-order valence-electron chi connectivity index (χ0n) is 15.4. The third kappa shape index (κ3) is 3.79. The summed E-state index contributed by atoms with van der Waals surface area (Å²) in [5.74, 6) is -0.0928. The molecule has 152 valence electrons. The maximum absolute atomic E-state index is 13.3. The molecule has 2 atom stereocenters. The zero-order valence-corrected chi connectivity index (χ0v) is 16.9. The molecular formula is C19H17Cl2F2N5O. The lowest BCUT2D eigenvalue weighted by Gasteiger charge is -2.37. The first-order valence-electron chi connectivity index (χ1n) is 9.08. The van der Waals surface area contributed by atoms with Crippen LogP contribution >= 0.6 is 23.2 Å². The average Bonchev–Trinajstić information content (AvgIpc) is 3.18. The number of rotatable bonds is 3. The number of piperidine rings is 1. The van der Waals surface area contributed by atoms with E-state index in [9.17, 15) is 13.6 Å². The van der Waals surface area contributed by atoms with Crippen LogP contribution in [-0.4, -0.2) is 43.5 Å². The van der Waals surface area contributed by atoms with E-state index in [0.717, 1.165) is 6.42 Å². The maximum atomic E-state index is 13.3. The molecule has 0 aliphatic carbocycles. The number of halogens is 4. The predicted octanol–water partition coefficient (Wildman–Crippen LogP) is 4.63. The summed E-state index contributed by atoms with van der Waals surface area (Å²) in [5, 5.41) is 4.82. The van der Waals surface area contributed by atoms with Crippen molar-refractivity contribution < 1.29 is 13.6 Å². The van der Waals surface area contributed by atoms with Gasteiger partial charge in [-0.25, -0.2) is 18.3 Å². The maximum Gasteiger partial charge on any atom is 0.280 e. The fourth-order valence-electron chi connectivity index (χ4n) is 3.68. The van der Waals surface area contributed by atoms with E-state index in [-0.39, 0.29) is 29.2 Å². The van der Waals surface area contributed by atoms with Crippen molar-refractivity contribution in [3.05, 3.63) is 57.6 Å². The molecule has 29 heavy (non-hydrogen) atoms. The molecule has 0 spiro atoms. The lowest BCUT2D eigenvalue weighted by Crippen LogP contribution is -2.42. The molecule has 1 aliphatic heterocycles. The van der Waals surface area contributed by atoms with Crippen molar-refractivity contribution >= 4 is 34.9 Å². The van der Waals surface area contributed by atoms with Gasteiger partial charge < -0.3 is 4.90 Å². The Morgan fingerprint density at radius 1 is 1.24 bits per heavy atom. The molecule has 0 saturated carbocycles. The van der Waals surface area contributed by atoms with Gasteiger partial charge in [-0.3, -0.25) is 4.79 Å². The molecule has 2 aromatic heterocycles. The van der Waals surface area contributed by atoms with Crippen LogP contribution in [0.25, 0.3) is 5.78 Å². The highest BCUT2D eigenvalue weighted by molar-refractivity contribution is 6.42. The fourth-order valence-corrected chi connectivity index (χ4v) is 3.98. The van der Waals surface area contributed by atoms with Crippen LogP contribution in [0.4, 0.5) is 8.78 Å². The Balaban J connectivity index is 1.68. The van der Waals surface area contributed by atoms with Gasteiger partial charge in [0.15, 0.2) is 0 Å². The summed E-state index contributed by atoms with van der Waals surface area (Å²) in [4.78, 5) is 22.5. The van der Waals surface area contributed by atoms with Crippen LogP contribution in [0.5, 0.6) is 0 Å². The standard InChI is InChI=1S/C19H17Cl2F2N5O/c1-10-4-5-27(18(29)11-2-3-13(20)14(21)6-11)8-12(10)16-7-15(17(22)23)26-19-24-9-25-28(16)19/h2-3,6-7,9-10,12,17H,4-5,8H2,1H3/t10-,12-/m1/s1. The van der Waals surface area contributed by atoms with Crippen LogP contribution in [0.15, 0.2) is 30.6 Å². The number of fused-ring (bicyclic) bond motifs is 1. The Labute approximate surface area is 175 Å². The fraction of sp³-hybridized carbons (Fsp3) is 0.368. The van der Waals surface area contributed by atoms with Crippen molar-refractivity contribution in [2.75, 3.05) is 13.1 Å². The SMILES string of the molecule is C[C@@H]1CCN(C(=O)c2ccc(Cl)c(Cl)c2)C[C@H]1c1cc(C(F)F)nc2ncnn12. The number of carbonyl (C=O) groups is 1. The Bertz CT molecular complexity index is 1070. The summed E-state index contributed by atoms with van der Waals surface area (Å²) in [6, 6.07) is 6.11. The van der Waals surface area contributed by atoms with Gasteiger partial charge in [0.2, 0.25) is 0 Å². The van der Waals surface area contributed by atoms with Crippen molar-refractivity contribution in [2.24, 2.45) is 5.92 Å². The van der Waals surface area contributed by atoms with Gasteiger partial charge in [0, 0.05) is 24.6 Å². The molecule has 3 aromatic rings. The van der Waals surface area contributed by atoms with Crippen molar-refractivity contribution in [3.63, 3.8) is 0 Å². The number of benzene rings is 1. The number of aromatic nitrogens is 4. The normalized spacial score (nSPS) is 19.9. The smallest absolute Gasteiger partial charge is 0.280 e. The van der Waals surface area contributed by atoms with Crippen LogP contribution in [-0.2, 0) is 0 Å². The molecule has 3 heterocycles. The van der Waals surface area contributed by atoms with E-state index >= 15 is 0 Å². The molecule has 0 unspecified atom stereocenters. The number of nitrogens with zero attached hydrogens (tertiary/aromatic N) is 5. The number of likely N-dealkylation sites (tertiary alicyclic amines) is 1. The molecule has 10 heteroatoms. The predicted molar refractivity (Wildman–Crippen MR) is 105 cm³/mol. The van der Waals surface area contributed by atoms with E-state index in [1.807, 2.05) is 6.92 Å². The van der Waals surface area contributed by atoms with Gasteiger partial charge >= 0.3 is 0 Å². The van der Waals surface area contributed by atoms with Crippen LogP contribution in [0.1, 0.15) is 47.4 Å². The molecule has 6 nitrogen and oxygen atoms in total. The first-order chi connectivity index (χ1) is 13.8. The first kappa shape index (κ1) is 20.0. The second kappa shape index (κ2) is 7.84. The summed E-state index contributed by atoms with van der Waals surface area (Å²) < 4.78 is 28.1. The minimum Gasteiger partial charge on any atom is -0.338 e. The Kier molecular flexibility index (Phi) is 5.40. The van der Waals surface area contributed by atoms with Gasteiger partial charge in [-0.1, -0.05) is 30.1 Å². The van der Waals surface area contributed by atoms with Crippen molar-refractivity contribution in [3.8, 4) is 0 Å². The minimum atomic E-state index is -2.72. The Morgan fingerprint density at radius 3 is 2.76 bits per heavy atom. The molecule has 1 aromatic carbocycles. The van der Waals surface area contributed by atoms with Crippen molar-refractivity contribution in [1.29, 1.82) is 0 Å². The minimum absolute atomic E-state index is 0.123. The number of alkyl halides is 2. The summed E-state index contributed by atoms with van der Waals surface area (Å²) in [5.41, 5.74) is 0.657. The van der Waals surface area contributed by atoms with E-state index in [1.165, 1.54) is 23.0 Å². The van der Waals surface area contributed by atoms with Crippen LogP contribution in [0.2, 0.25) is 10.0 Å². The second-order valence-corrected chi connectivity index (χ2v) is 7.95. The Hall–Kier alpha value is -2.32. The quantitative estimate of drug-likeness (QED) is 0.596. The summed E-state index contributed by atoms with van der Waals surface area (Å²) in [6.45, 7) is 2.96. The van der Waals surface area contributed by atoms with Gasteiger partial charge in [-0.15, -0.1) is 0 Å². The van der Waals surface area contributed by atoms with E-state index in [2.05, 4.69) is 15.1 Å². The third-order valence-corrected chi connectivity index (χ3v) is 6.05. The average molecular weight is 440 g/mol. The lowest BCUT2D eigenvalue weighted by molar-refractivity contribution is 0.0665. The molecule has 1 fully saturated rings. The van der Waals surface area contributed by atoms with Gasteiger partial charge in [0.1, 0.15) is 12.0 Å². The van der Waals surface area contributed by atoms with Gasteiger partial charge in [-0.2, -0.15) is 10.1 Å². The summed E-state index contributed by atoms with van der Waals surface area (Å²) >= 11 is 12.0. The molecule has 1 aliphatic rings. The topological polar surface area (TPSA) is 63.4 Å². The van der Waals surface area contributed by atoms with Crippen LogP contribution < -0.4 is 0 Å². The number of amides is 1. The molecule has 4 rings (SSSR count). The molecule has 0 N–H and O–H groups in total. The van der Waals surface area contributed by atoms with Crippen molar-refractivity contribution in [1.82, 2.24) is 24.5 Å². The summed E-state index contributed by atoms with van der Waals surface area (Å²) in [6.07, 6.45) is -0.712. The van der Waals surface area contributed by atoms with Gasteiger partial charge in [-0.05, 0) is 36.6 Å². The highest BCUT2D eigenvalue weighted by Gasteiger charge is 2.33. The monoisotopic (exact) mass is 439 g/mol. The largest absolute Gasteiger partial charge is 0.338 e. The van der Waals surface area contributed by atoms with E-state index in [4.69, 9.17) is 23.2 Å². The van der Waals surface area contributed by atoms with E-state index < -0.39 is 6.43 Å². The first-order valence-corrected chi connectivity index (χ1v) is 9.83. The molecule has 0 bridgehead atoms. The van der Waals surface area contributed by atoms with E-state index in [1.54, 1.807) is 17.0 Å². The molecular weight excluding hydrogens is 423 g/mol. The van der Waals surface area contributed by atoms with Gasteiger partial charge in [0.05, 0.1) is 15.7 Å². The highest BCUT2D eigenvalue weighted by Crippen LogP contribution is 2.34.